The first-order valence-corrected chi connectivity index (χ1v) is 8.93. The van der Waals surface area contributed by atoms with Gasteiger partial charge in [0.1, 0.15) is 0 Å². The first-order valence-electron chi connectivity index (χ1n) is 8.93. The zero-order chi connectivity index (χ0) is 17.5. The van der Waals surface area contributed by atoms with E-state index in [0.717, 1.165) is 0 Å². The van der Waals surface area contributed by atoms with E-state index >= 15 is 0 Å². The molecule has 2 aromatic rings. The molecule has 0 fully saturated rings. The minimum Gasteiger partial charge on any atom is -0.0683 e. The van der Waals surface area contributed by atoms with Crippen molar-refractivity contribution < 1.29 is 0 Å². The molecule has 0 radical (unpaired) electrons. The van der Waals surface area contributed by atoms with Gasteiger partial charge >= 0.3 is 0 Å². The SMILES string of the molecule is CC.CC.CC(C)(C)C1c2ccccc2C=Cc2ccccc21. The summed E-state index contributed by atoms with van der Waals surface area (Å²) < 4.78 is 0. The van der Waals surface area contributed by atoms with E-state index in [1.165, 1.54) is 22.3 Å². The van der Waals surface area contributed by atoms with Crippen LogP contribution in [-0.2, 0) is 0 Å². The van der Waals surface area contributed by atoms with Gasteiger partial charge in [-0.1, -0.05) is 109 Å². The van der Waals surface area contributed by atoms with E-state index in [0.29, 0.717) is 5.92 Å². The van der Waals surface area contributed by atoms with E-state index in [1.54, 1.807) is 0 Å². The molecule has 0 amide bonds. The molecule has 0 spiro atoms. The highest BCUT2D eigenvalue weighted by Gasteiger charge is 2.31. The maximum atomic E-state index is 2.33. The monoisotopic (exact) mass is 308 g/mol. The molecule has 3 rings (SSSR count). The highest BCUT2D eigenvalue weighted by molar-refractivity contribution is 5.76. The Hall–Kier alpha value is -1.82. The van der Waals surface area contributed by atoms with Crippen molar-refractivity contribution in [1.29, 1.82) is 0 Å². The Kier molecular flexibility index (Phi) is 7.29. The van der Waals surface area contributed by atoms with Crippen molar-refractivity contribution in [3.8, 4) is 0 Å². The van der Waals surface area contributed by atoms with Crippen LogP contribution in [0.1, 0.15) is 76.6 Å². The number of hydrogen-bond acceptors (Lipinski definition) is 0. The lowest BCUT2D eigenvalue weighted by Gasteiger charge is -2.33. The van der Waals surface area contributed by atoms with Gasteiger partial charge in [0.15, 0.2) is 0 Å². The minimum absolute atomic E-state index is 0.207. The van der Waals surface area contributed by atoms with Crippen molar-refractivity contribution >= 4 is 12.2 Å². The average Bonchev–Trinajstić information content (AvgIpc) is 2.75. The first-order chi connectivity index (χ1) is 11.1. The molecule has 0 saturated carbocycles. The van der Waals surface area contributed by atoms with Gasteiger partial charge in [0.2, 0.25) is 0 Å². The molecule has 0 N–H and O–H groups in total. The van der Waals surface area contributed by atoms with Crippen molar-refractivity contribution in [2.24, 2.45) is 5.41 Å². The Labute approximate surface area is 143 Å². The van der Waals surface area contributed by atoms with Crippen LogP contribution in [0.3, 0.4) is 0 Å². The van der Waals surface area contributed by atoms with Crippen LogP contribution in [0.5, 0.6) is 0 Å². The molecular formula is C23H32. The number of hydrogen-bond donors (Lipinski definition) is 0. The molecule has 0 aliphatic heterocycles. The van der Waals surface area contributed by atoms with E-state index in [1.807, 2.05) is 27.7 Å². The van der Waals surface area contributed by atoms with Crippen molar-refractivity contribution in [1.82, 2.24) is 0 Å². The molecule has 124 valence electrons. The summed E-state index contributed by atoms with van der Waals surface area (Å²) in [4.78, 5) is 0. The number of fused-ring (bicyclic) bond motifs is 2. The Morgan fingerprint density at radius 1 is 0.609 bits per heavy atom. The summed E-state index contributed by atoms with van der Waals surface area (Å²) in [5.41, 5.74) is 5.78. The molecular weight excluding hydrogens is 276 g/mol. The van der Waals surface area contributed by atoms with Crippen molar-refractivity contribution in [2.45, 2.75) is 54.4 Å². The van der Waals surface area contributed by atoms with Crippen molar-refractivity contribution in [3.05, 3.63) is 70.8 Å². The second-order valence-electron chi connectivity index (χ2n) is 6.39. The predicted molar refractivity (Wildman–Crippen MR) is 106 cm³/mol. The maximum Gasteiger partial charge on any atom is 0.0150 e. The van der Waals surface area contributed by atoms with E-state index in [2.05, 4.69) is 81.5 Å². The quantitative estimate of drug-likeness (QED) is 0.475. The summed E-state index contributed by atoms with van der Waals surface area (Å²) >= 11 is 0. The molecule has 0 nitrogen and oxygen atoms in total. The minimum atomic E-state index is 0.207. The molecule has 1 aliphatic rings. The Bertz CT molecular complexity index is 577. The van der Waals surface area contributed by atoms with Crippen LogP contribution in [0.25, 0.3) is 12.2 Å². The average molecular weight is 309 g/mol. The maximum absolute atomic E-state index is 2.33. The fourth-order valence-electron chi connectivity index (χ4n) is 3.13. The first kappa shape index (κ1) is 19.2. The third-order valence-electron chi connectivity index (χ3n) is 3.92. The second-order valence-corrected chi connectivity index (χ2v) is 6.39. The lowest BCUT2D eigenvalue weighted by molar-refractivity contribution is 0.358. The Balaban J connectivity index is 0.000000615. The van der Waals surface area contributed by atoms with Crippen molar-refractivity contribution in [2.75, 3.05) is 0 Å². The fourth-order valence-corrected chi connectivity index (χ4v) is 3.13. The Morgan fingerprint density at radius 3 is 1.30 bits per heavy atom. The van der Waals surface area contributed by atoms with Gasteiger partial charge in [0.05, 0.1) is 0 Å². The molecule has 2 aromatic carbocycles. The summed E-state index contributed by atoms with van der Waals surface area (Å²) in [5, 5.41) is 0. The summed E-state index contributed by atoms with van der Waals surface area (Å²) in [6.07, 6.45) is 4.50. The normalized spacial score (nSPS) is 12.7. The van der Waals surface area contributed by atoms with Gasteiger partial charge in [-0.05, 0) is 27.7 Å². The zero-order valence-electron chi connectivity index (χ0n) is 15.9. The van der Waals surface area contributed by atoms with Gasteiger partial charge in [-0.2, -0.15) is 0 Å². The van der Waals surface area contributed by atoms with Gasteiger partial charge in [-0.3, -0.25) is 0 Å². The highest BCUT2D eigenvalue weighted by Crippen LogP contribution is 2.45. The summed E-state index contributed by atoms with van der Waals surface area (Å²) in [5.74, 6) is 0.440. The molecule has 0 aromatic heterocycles. The molecule has 0 saturated heterocycles. The van der Waals surface area contributed by atoms with Gasteiger partial charge in [-0.15, -0.1) is 0 Å². The standard InChI is InChI=1S/C19H20.2C2H6/c1-19(2,3)18-16-10-6-4-8-14(16)12-13-15-9-5-7-11-17(15)18;2*1-2/h4-13,18H,1-3H3;2*1-2H3. The van der Waals surface area contributed by atoms with Crippen LogP contribution in [0, 0.1) is 5.41 Å². The van der Waals surface area contributed by atoms with Crippen LogP contribution in [0.2, 0.25) is 0 Å². The van der Waals surface area contributed by atoms with E-state index in [9.17, 15) is 0 Å². The second kappa shape index (κ2) is 8.72. The van der Waals surface area contributed by atoms with Crippen molar-refractivity contribution in [3.63, 3.8) is 0 Å². The molecule has 0 bridgehead atoms. The molecule has 0 unspecified atom stereocenters. The third-order valence-corrected chi connectivity index (χ3v) is 3.92. The highest BCUT2D eigenvalue weighted by atomic mass is 14.3. The van der Waals surface area contributed by atoms with Gasteiger partial charge in [0, 0.05) is 5.92 Å². The van der Waals surface area contributed by atoms with Crippen LogP contribution < -0.4 is 0 Å². The molecule has 0 atom stereocenters. The largest absolute Gasteiger partial charge is 0.0683 e. The molecule has 1 aliphatic carbocycles. The van der Waals surface area contributed by atoms with E-state index in [4.69, 9.17) is 0 Å². The lowest BCUT2D eigenvalue weighted by atomic mass is 9.71. The predicted octanol–water partition coefficient (Wildman–Crippen LogP) is 7.40. The fraction of sp³-hybridized carbons (Fsp3) is 0.391. The van der Waals surface area contributed by atoms with Gasteiger partial charge in [-0.25, -0.2) is 0 Å². The van der Waals surface area contributed by atoms with Crippen LogP contribution >= 0.6 is 0 Å². The van der Waals surface area contributed by atoms with Crippen LogP contribution in [0.4, 0.5) is 0 Å². The molecule has 0 heterocycles. The molecule has 0 heteroatoms. The summed E-state index contributed by atoms with van der Waals surface area (Å²) in [7, 11) is 0. The third kappa shape index (κ3) is 4.34. The smallest absolute Gasteiger partial charge is 0.0150 e. The van der Waals surface area contributed by atoms with Crippen LogP contribution in [-0.4, -0.2) is 0 Å². The number of rotatable bonds is 0. The van der Waals surface area contributed by atoms with E-state index in [-0.39, 0.29) is 5.41 Å². The molecule has 23 heavy (non-hydrogen) atoms. The Morgan fingerprint density at radius 2 is 0.957 bits per heavy atom. The van der Waals surface area contributed by atoms with Gasteiger partial charge < -0.3 is 0 Å². The van der Waals surface area contributed by atoms with E-state index < -0.39 is 0 Å². The zero-order valence-corrected chi connectivity index (χ0v) is 15.9. The van der Waals surface area contributed by atoms with Gasteiger partial charge in [0.25, 0.3) is 0 Å². The van der Waals surface area contributed by atoms with Crippen LogP contribution in [0.15, 0.2) is 48.5 Å². The lowest BCUT2D eigenvalue weighted by Crippen LogP contribution is -2.20. The summed E-state index contributed by atoms with van der Waals surface area (Å²) in [6, 6.07) is 17.5. The summed E-state index contributed by atoms with van der Waals surface area (Å²) in [6.45, 7) is 15.0. The number of benzene rings is 2. The topological polar surface area (TPSA) is 0 Å².